The fraction of sp³-hybridized carbons (Fsp3) is 0.647. The summed E-state index contributed by atoms with van der Waals surface area (Å²) in [5.41, 5.74) is 9.30. The van der Waals surface area contributed by atoms with Gasteiger partial charge >= 0.3 is 0 Å². The number of unbranched alkanes of at least 4 members (excludes halogenated alkanes) is 5. The minimum atomic E-state index is 0.447. The number of fused-ring (bicyclic) bond motifs is 1. The predicted molar refractivity (Wildman–Crippen MR) is 94.0 cm³/mol. The molecule has 0 saturated heterocycles. The summed E-state index contributed by atoms with van der Waals surface area (Å²) in [7, 11) is 0. The lowest BCUT2D eigenvalue weighted by atomic mass is 10.1. The molecule has 1 aliphatic rings. The maximum Gasteiger partial charge on any atom is 0.136 e. The van der Waals surface area contributed by atoms with Gasteiger partial charge in [0.25, 0.3) is 0 Å². The van der Waals surface area contributed by atoms with Gasteiger partial charge in [-0.2, -0.15) is 0 Å². The van der Waals surface area contributed by atoms with Crippen molar-refractivity contribution in [3.05, 3.63) is 22.9 Å². The zero-order valence-electron chi connectivity index (χ0n) is 13.1. The van der Waals surface area contributed by atoms with Crippen LogP contribution in [0.3, 0.4) is 0 Å². The van der Waals surface area contributed by atoms with Crippen LogP contribution in [0.15, 0.2) is 6.07 Å². The Bertz CT molecular complexity index is 485. The van der Waals surface area contributed by atoms with Crippen molar-refractivity contribution in [2.24, 2.45) is 5.73 Å². The Morgan fingerprint density at radius 1 is 1.24 bits per heavy atom. The Hall–Kier alpha value is -1.16. The lowest BCUT2D eigenvalue weighted by Gasteiger charge is -2.12. The van der Waals surface area contributed by atoms with E-state index in [1.807, 2.05) is 0 Å². The molecule has 21 heavy (non-hydrogen) atoms. The molecule has 0 aliphatic heterocycles. The summed E-state index contributed by atoms with van der Waals surface area (Å²) in [6, 6.07) is 2.14. The van der Waals surface area contributed by atoms with E-state index in [4.69, 9.17) is 22.9 Å². The van der Waals surface area contributed by atoms with Crippen molar-refractivity contribution in [3.63, 3.8) is 0 Å². The van der Waals surface area contributed by atoms with Gasteiger partial charge in [0.05, 0.1) is 5.56 Å². The van der Waals surface area contributed by atoms with Crippen LogP contribution in [0, 0.1) is 0 Å². The number of nitrogens with zero attached hydrogens (tertiary/aromatic N) is 1. The molecule has 0 spiro atoms. The van der Waals surface area contributed by atoms with Gasteiger partial charge in [-0.1, -0.05) is 51.2 Å². The zero-order chi connectivity index (χ0) is 15.1. The number of pyridine rings is 1. The fourth-order valence-corrected chi connectivity index (χ4v) is 3.06. The first-order valence-electron chi connectivity index (χ1n) is 8.29. The molecular formula is C17H27N3S. The molecule has 0 aromatic carbocycles. The lowest BCUT2D eigenvalue weighted by molar-refractivity contribution is 0.616. The van der Waals surface area contributed by atoms with Crippen LogP contribution >= 0.6 is 12.2 Å². The van der Waals surface area contributed by atoms with Crippen molar-refractivity contribution in [3.8, 4) is 0 Å². The number of aryl methyl sites for hydroxylation is 2. The van der Waals surface area contributed by atoms with Crippen LogP contribution in [0.1, 0.15) is 68.7 Å². The number of hydrogen-bond donors (Lipinski definition) is 2. The fourth-order valence-electron chi connectivity index (χ4n) is 2.91. The Kier molecular flexibility index (Phi) is 6.43. The van der Waals surface area contributed by atoms with E-state index in [1.54, 1.807) is 0 Å². The van der Waals surface area contributed by atoms with Gasteiger partial charge in [-0.05, 0) is 37.3 Å². The van der Waals surface area contributed by atoms with E-state index in [1.165, 1.54) is 56.2 Å². The molecule has 1 aromatic rings. The Balaban J connectivity index is 1.86. The van der Waals surface area contributed by atoms with Gasteiger partial charge in [-0.3, -0.25) is 0 Å². The summed E-state index contributed by atoms with van der Waals surface area (Å²) >= 11 is 5.17. The first kappa shape index (κ1) is 16.2. The third-order valence-corrected chi connectivity index (χ3v) is 4.36. The summed E-state index contributed by atoms with van der Waals surface area (Å²) in [4.78, 5) is 5.19. The van der Waals surface area contributed by atoms with Crippen LogP contribution < -0.4 is 11.1 Å². The number of hydrogen-bond acceptors (Lipinski definition) is 3. The van der Waals surface area contributed by atoms with Gasteiger partial charge in [-0.15, -0.1) is 0 Å². The van der Waals surface area contributed by atoms with E-state index in [-0.39, 0.29) is 0 Å². The first-order chi connectivity index (χ1) is 10.2. The van der Waals surface area contributed by atoms with Crippen molar-refractivity contribution in [2.45, 2.75) is 64.7 Å². The van der Waals surface area contributed by atoms with Crippen LogP contribution in [-0.4, -0.2) is 16.5 Å². The van der Waals surface area contributed by atoms with Crippen LogP contribution in [-0.2, 0) is 12.8 Å². The maximum atomic E-state index is 5.85. The van der Waals surface area contributed by atoms with E-state index < -0.39 is 0 Å². The summed E-state index contributed by atoms with van der Waals surface area (Å²) < 4.78 is 0. The third-order valence-electron chi connectivity index (χ3n) is 4.14. The van der Waals surface area contributed by atoms with Gasteiger partial charge in [-0.25, -0.2) is 4.98 Å². The second-order valence-corrected chi connectivity index (χ2v) is 6.34. The molecule has 0 fully saturated rings. The van der Waals surface area contributed by atoms with Crippen LogP contribution in [0.5, 0.6) is 0 Å². The number of rotatable bonds is 9. The normalized spacial score (nSPS) is 13.2. The van der Waals surface area contributed by atoms with Gasteiger partial charge in [0.15, 0.2) is 0 Å². The highest BCUT2D eigenvalue weighted by molar-refractivity contribution is 7.80. The van der Waals surface area contributed by atoms with Crippen LogP contribution in [0.25, 0.3) is 0 Å². The van der Waals surface area contributed by atoms with Gasteiger partial charge in [0, 0.05) is 12.2 Å². The minimum absolute atomic E-state index is 0.447. The van der Waals surface area contributed by atoms with Gasteiger partial charge < -0.3 is 11.1 Å². The van der Waals surface area contributed by atoms with Crippen molar-refractivity contribution >= 4 is 23.0 Å². The molecular weight excluding hydrogens is 278 g/mol. The first-order valence-corrected chi connectivity index (χ1v) is 8.69. The SMILES string of the molecule is CCCCCCCCNc1nc2c(cc1C(N)=S)CCC2. The van der Waals surface area contributed by atoms with Crippen LogP contribution in [0.2, 0.25) is 0 Å². The van der Waals surface area contributed by atoms with Crippen molar-refractivity contribution in [1.82, 2.24) is 4.98 Å². The standard InChI is InChI=1S/C17H27N3S/c1-2-3-4-5-6-7-11-19-17-14(16(18)21)12-13-9-8-10-15(13)20-17/h12H,2-11H2,1H3,(H2,18,21)(H,19,20). The monoisotopic (exact) mass is 305 g/mol. The van der Waals surface area contributed by atoms with Crippen molar-refractivity contribution in [1.29, 1.82) is 0 Å². The van der Waals surface area contributed by atoms with Crippen molar-refractivity contribution < 1.29 is 0 Å². The van der Waals surface area contributed by atoms with E-state index in [0.717, 1.165) is 30.8 Å². The van der Waals surface area contributed by atoms with Gasteiger partial charge in [0.2, 0.25) is 0 Å². The quantitative estimate of drug-likeness (QED) is 0.535. The number of nitrogens with one attached hydrogen (secondary N) is 1. The average Bonchev–Trinajstić information content (AvgIpc) is 2.92. The third kappa shape index (κ3) is 4.67. The minimum Gasteiger partial charge on any atom is -0.389 e. The molecule has 1 aliphatic carbocycles. The Labute approximate surface area is 133 Å². The Morgan fingerprint density at radius 2 is 2.00 bits per heavy atom. The summed E-state index contributed by atoms with van der Waals surface area (Å²) in [5, 5.41) is 3.44. The molecule has 0 atom stereocenters. The topological polar surface area (TPSA) is 50.9 Å². The number of anilines is 1. The highest BCUT2D eigenvalue weighted by Gasteiger charge is 2.17. The zero-order valence-corrected chi connectivity index (χ0v) is 13.9. The molecule has 2 rings (SSSR count). The molecule has 0 bridgehead atoms. The molecule has 1 aromatic heterocycles. The largest absolute Gasteiger partial charge is 0.389 e. The summed E-state index contributed by atoms with van der Waals surface area (Å²) in [6.45, 7) is 3.20. The smallest absolute Gasteiger partial charge is 0.136 e. The molecule has 3 N–H and O–H groups in total. The number of thiocarbonyl (C=S) groups is 1. The maximum absolute atomic E-state index is 5.85. The molecule has 0 saturated carbocycles. The highest BCUT2D eigenvalue weighted by Crippen LogP contribution is 2.25. The van der Waals surface area contributed by atoms with E-state index in [2.05, 4.69) is 18.3 Å². The van der Waals surface area contributed by atoms with Gasteiger partial charge in [0.1, 0.15) is 10.8 Å². The molecule has 1 heterocycles. The highest BCUT2D eigenvalue weighted by atomic mass is 32.1. The van der Waals surface area contributed by atoms with E-state index >= 15 is 0 Å². The van der Waals surface area contributed by atoms with E-state index in [9.17, 15) is 0 Å². The molecule has 4 heteroatoms. The summed E-state index contributed by atoms with van der Waals surface area (Å²) in [5.74, 6) is 0.886. The molecule has 0 amide bonds. The molecule has 116 valence electrons. The predicted octanol–water partition coefficient (Wildman–Crippen LogP) is 3.98. The second-order valence-electron chi connectivity index (χ2n) is 5.90. The van der Waals surface area contributed by atoms with Crippen molar-refractivity contribution in [2.75, 3.05) is 11.9 Å². The number of aromatic nitrogens is 1. The number of nitrogens with two attached hydrogens (primary N) is 1. The Morgan fingerprint density at radius 3 is 2.76 bits per heavy atom. The summed E-state index contributed by atoms with van der Waals surface area (Å²) in [6.07, 6.45) is 11.2. The second kappa shape index (κ2) is 8.32. The van der Waals surface area contributed by atoms with E-state index in [0.29, 0.717) is 4.99 Å². The molecule has 3 nitrogen and oxygen atoms in total. The molecule has 0 radical (unpaired) electrons. The lowest BCUT2D eigenvalue weighted by Crippen LogP contribution is -2.16. The molecule has 0 unspecified atom stereocenters. The average molecular weight is 305 g/mol. The van der Waals surface area contributed by atoms with Crippen LogP contribution in [0.4, 0.5) is 5.82 Å².